The minimum absolute atomic E-state index is 0.0971. The van der Waals surface area contributed by atoms with Crippen LogP contribution in [0.15, 0.2) is 97.1 Å². The van der Waals surface area contributed by atoms with E-state index >= 15 is 0 Å². The zero-order chi connectivity index (χ0) is 28.7. The van der Waals surface area contributed by atoms with Crippen LogP contribution in [0, 0.1) is 5.82 Å². The maximum Gasteiger partial charge on any atom is 0.356 e. The number of aromatic hydroxyl groups is 1. The highest BCUT2D eigenvalue weighted by Gasteiger charge is 2.54. The Morgan fingerprint density at radius 3 is 2.10 bits per heavy atom. The molecule has 0 aliphatic carbocycles. The topological polar surface area (TPSA) is 135 Å². The largest absolute Gasteiger partial charge is 0.508 e. The predicted octanol–water partition coefficient (Wildman–Crippen LogP) is 4.77. The van der Waals surface area contributed by atoms with Crippen molar-refractivity contribution in [3.63, 3.8) is 0 Å². The molecule has 8 nitrogen and oxygen atoms in total. The van der Waals surface area contributed by atoms with E-state index in [4.69, 9.17) is 0 Å². The molecular formula is C29H27FNO7PS. The second-order valence-corrected chi connectivity index (χ2v) is 13.3. The van der Waals surface area contributed by atoms with Crippen LogP contribution in [0.4, 0.5) is 10.1 Å². The number of aliphatic hydroxyl groups excluding tert-OH is 1. The number of phenols is 1. The van der Waals surface area contributed by atoms with Crippen LogP contribution in [0.2, 0.25) is 0 Å². The summed E-state index contributed by atoms with van der Waals surface area (Å²) in [6.45, 7) is 0. The van der Waals surface area contributed by atoms with Crippen LogP contribution in [-0.4, -0.2) is 33.7 Å². The lowest BCUT2D eigenvalue weighted by molar-refractivity contribution is 0.162. The van der Waals surface area contributed by atoms with Crippen molar-refractivity contribution in [3.05, 3.63) is 114 Å². The lowest BCUT2D eigenvalue weighted by Gasteiger charge is -2.48. The summed E-state index contributed by atoms with van der Waals surface area (Å²) < 4.78 is 53.0. The Labute approximate surface area is 231 Å². The molecule has 11 heteroatoms. The first-order valence-corrected chi connectivity index (χ1v) is 15.6. The van der Waals surface area contributed by atoms with Crippen LogP contribution in [0.5, 0.6) is 5.75 Å². The molecule has 1 heterocycles. The van der Waals surface area contributed by atoms with Gasteiger partial charge in [0.15, 0.2) is 0 Å². The van der Waals surface area contributed by atoms with Crippen molar-refractivity contribution >= 4 is 28.6 Å². The highest BCUT2D eigenvalue weighted by Crippen LogP contribution is 2.50. The Bertz CT molecular complexity index is 1660. The van der Waals surface area contributed by atoms with E-state index in [1.54, 1.807) is 42.5 Å². The van der Waals surface area contributed by atoms with Gasteiger partial charge in [0.2, 0.25) is 10.0 Å². The molecular weight excluding hydrogens is 556 g/mol. The minimum Gasteiger partial charge on any atom is -0.508 e. The molecule has 4 aromatic rings. The molecule has 4 aromatic carbocycles. The summed E-state index contributed by atoms with van der Waals surface area (Å²) in [4.78, 5) is 18.7. The minimum atomic E-state index is -4.39. The molecule has 0 saturated carbocycles. The molecule has 1 saturated heterocycles. The van der Waals surface area contributed by atoms with Gasteiger partial charge >= 0.3 is 7.60 Å². The maximum absolute atomic E-state index is 13.5. The molecule has 5 rings (SSSR count). The Morgan fingerprint density at radius 1 is 0.875 bits per heavy atom. The van der Waals surface area contributed by atoms with E-state index in [1.165, 1.54) is 58.9 Å². The molecule has 40 heavy (non-hydrogen) atoms. The third-order valence-electron chi connectivity index (χ3n) is 7.14. The molecule has 3 atom stereocenters. The highest BCUT2D eigenvalue weighted by molar-refractivity contribution is 7.95. The number of halogens is 1. The molecule has 1 fully saturated rings. The molecule has 1 aliphatic heterocycles. The van der Waals surface area contributed by atoms with Gasteiger partial charge in [-0.25, -0.2) is 12.8 Å². The van der Waals surface area contributed by atoms with Gasteiger partial charge in [-0.1, -0.05) is 54.6 Å². The number of rotatable bonds is 8. The quantitative estimate of drug-likeness (QED) is 0.219. The number of phenolic OH excluding ortho intramolecular Hbond substituents is 1. The van der Waals surface area contributed by atoms with Crippen LogP contribution < -0.4 is 9.61 Å². The number of aliphatic hydroxyl groups is 1. The van der Waals surface area contributed by atoms with Gasteiger partial charge < -0.3 is 20.0 Å². The Balaban J connectivity index is 1.46. The molecule has 0 radical (unpaired) electrons. The van der Waals surface area contributed by atoms with Crippen molar-refractivity contribution in [1.29, 1.82) is 0 Å². The Morgan fingerprint density at radius 2 is 1.50 bits per heavy atom. The van der Waals surface area contributed by atoms with Crippen LogP contribution in [0.3, 0.4) is 0 Å². The maximum atomic E-state index is 13.5. The summed E-state index contributed by atoms with van der Waals surface area (Å²) >= 11 is 0. The first-order chi connectivity index (χ1) is 19.0. The first kappa shape index (κ1) is 28.0. The molecule has 0 bridgehead atoms. The number of nitrogens with zero attached hydrogens (tertiary/aromatic N) is 1. The van der Waals surface area contributed by atoms with E-state index in [-0.39, 0.29) is 23.9 Å². The molecule has 208 valence electrons. The van der Waals surface area contributed by atoms with Gasteiger partial charge in [0, 0.05) is 5.56 Å². The average Bonchev–Trinajstić information content (AvgIpc) is 2.92. The zero-order valence-electron chi connectivity index (χ0n) is 21.1. The molecule has 0 amide bonds. The van der Waals surface area contributed by atoms with Crippen LogP contribution >= 0.6 is 7.60 Å². The van der Waals surface area contributed by atoms with Crippen molar-refractivity contribution in [2.24, 2.45) is 0 Å². The summed E-state index contributed by atoms with van der Waals surface area (Å²) in [5.74, 6) is -0.575. The second kappa shape index (κ2) is 10.8. The summed E-state index contributed by atoms with van der Waals surface area (Å²) in [5.41, 5.74) is 2.50. The van der Waals surface area contributed by atoms with Crippen LogP contribution in [0.25, 0.3) is 11.1 Å². The molecule has 0 aromatic heterocycles. The average molecular weight is 584 g/mol. The first-order valence-electron chi connectivity index (χ1n) is 12.5. The van der Waals surface area contributed by atoms with Gasteiger partial charge in [-0.15, -0.1) is 0 Å². The lowest BCUT2D eigenvalue weighted by atomic mass is 9.94. The van der Waals surface area contributed by atoms with Crippen molar-refractivity contribution in [3.8, 4) is 16.9 Å². The van der Waals surface area contributed by atoms with Gasteiger partial charge in [0.1, 0.15) is 16.8 Å². The standard InChI is InChI=1S/C29H27FNO7PS/c30-22-11-6-20(7-12-22)26(32)16-17-28-29(31(40(28,37)38)23-4-2-1-3-5-23)25-15-10-21(18-27(25)33)19-8-13-24(14-9-19)39(34,35)36/h1-15,18,26,28-29,32-33H,16-17H2,(H2,34,35,36)/t26-,28-,29+/m0/s1. The van der Waals surface area contributed by atoms with E-state index in [1.807, 2.05) is 0 Å². The third kappa shape index (κ3) is 5.41. The number of hydrogen-bond acceptors (Lipinski definition) is 5. The smallest absolute Gasteiger partial charge is 0.356 e. The van der Waals surface area contributed by atoms with Gasteiger partial charge in [-0.05, 0) is 72.0 Å². The van der Waals surface area contributed by atoms with Gasteiger partial charge in [0.25, 0.3) is 0 Å². The molecule has 4 N–H and O–H groups in total. The van der Waals surface area contributed by atoms with Crippen molar-refractivity contribution in [1.82, 2.24) is 0 Å². The SMILES string of the molecule is O=P(O)(O)c1ccc(-c2ccc([C@@H]3[C@H](CC[C@H](O)c4ccc(F)cc4)S(=O)(=O)N3c3ccccc3)c(O)c2)cc1. The molecule has 1 aliphatic rings. The Hall–Kier alpha value is -3.53. The normalized spacial score (nSPS) is 19.1. The van der Waals surface area contributed by atoms with Gasteiger partial charge in [-0.2, -0.15) is 0 Å². The fraction of sp³-hybridized carbons (Fsp3) is 0.172. The number of anilines is 1. The molecule has 0 spiro atoms. The Kier molecular flexibility index (Phi) is 7.56. The van der Waals surface area contributed by atoms with Gasteiger partial charge in [0.05, 0.1) is 23.1 Å². The van der Waals surface area contributed by atoms with Crippen molar-refractivity contribution in [2.75, 3.05) is 4.31 Å². The summed E-state index contributed by atoms with van der Waals surface area (Å²) in [6.07, 6.45) is -0.784. The number of benzene rings is 4. The van der Waals surface area contributed by atoms with E-state index in [2.05, 4.69) is 0 Å². The van der Waals surface area contributed by atoms with E-state index in [9.17, 15) is 37.4 Å². The third-order valence-corrected chi connectivity index (χ3v) is 10.4. The van der Waals surface area contributed by atoms with Crippen LogP contribution in [0.1, 0.15) is 36.1 Å². The number of hydrogen-bond donors (Lipinski definition) is 4. The van der Waals surface area contributed by atoms with Crippen LogP contribution in [-0.2, 0) is 14.6 Å². The second-order valence-electron chi connectivity index (χ2n) is 9.67. The van der Waals surface area contributed by atoms with E-state index < -0.39 is 40.8 Å². The monoisotopic (exact) mass is 583 g/mol. The summed E-state index contributed by atoms with van der Waals surface area (Å²) in [5, 5.41) is 20.7. The summed E-state index contributed by atoms with van der Waals surface area (Å²) in [6, 6.07) is 23.7. The fourth-order valence-electron chi connectivity index (χ4n) is 5.07. The predicted molar refractivity (Wildman–Crippen MR) is 150 cm³/mol. The van der Waals surface area contributed by atoms with Crippen molar-refractivity contribution < 1.29 is 37.4 Å². The fourth-order valence-corrected chi connectivity index (χ4v) is 7.72. The van der Waals surface area contributed by atoms with Gasteiger partial charge in [-0.3, -0.25) is 8.87 Å². The van der Waals surface area contributed by atoms with Crippen molar-refractivity contribution in [2.45, 2.75) is 30.2 Å². The number of sulfonamides is 1. The van der Waals surface area contributed by atoms with E-state index in [0.717, 1.165) is 0 Å². The highest BCUT2D eigenvalue weighted by atomic mass is 32.2. The molecule has 0 unspecified atom stereocenters. The summed E-state index contributed by atoms with van der Waals surface area (Å²) in [7, 11) is -8.21. The number of para-hydroxylation sites is 1. The lowest BCUT2D eigenvalue weighted by Crippen LogP contribution is -2.58. The zero-order valence-corrected chi connectivity index (χ0v) is 22.8. The van der Waals surface area contributed by atoms with E-state index in [0.29, 0.717) is 27.9 Å².